The lowest BCUT2D eigenvalue weighted by Crippen LogP contribution is -2.46. The predicted octanol–water partition coefficient (Wildman–Crippen LogP) is 4.38. The molecule has 0 radical (unpaired) electrons. The molecule has 0 amide bonds. The van der Waals surface area contributed by atoms with Crippen LogP contribution < -0.4 is 5.32 Å². The molecule has 1 aromatic carbocycles. The molecule has 3 unspecified atom stereocenters. The highest BCUT2D eigenvalue weighted by Crippen LogP contribution is 2.43. The van der Waals surface area contributed by atoms with E-state index in [9.17, 15) is 0 Å². The van der Waals surface area contributed by atoms with Crippen LogP contribution in [0.3, 0.4) is 0 Å². The van der Waals surface area contributed by atoms with E-state index < -0.39 is 0 Å². The van der Waals surface area contributed by atoms with Gasteiger partial charge in [0.25, 0.3) is 0 Å². The molecule has 3 atom stereocenters. The van der Waals surface area contributed by atoms with Gasteiger partial charge in [0.1, 0.15) is 0 Å². The smallest absolute Gasteiger partial charge is 0.0595 e. The average molecular weight is 270 g/mol. The molecule has 1 nitrogen and oxygen atoms in total. The van der Waals surface area contributed by atoms with E-state index in [1.54, 1.807) is 0 Å². The van der Waals surface area contributed by atoms with Gasteiger partial charge < -0.3 is 5.32 Å². The molecule has 2 saturated heterocycles. The molecule has 0 aliphatic carbocycles. The zero-order valence-corrected chi connectivity index (χ0v) is 11.5. The van der Waals surface area contributed by atoms with Gasteiger partial charge in [0.2, 0.25) is 0 Å². The maximum Gasteiger partial charge on any atom is 0.0595 e. The molecule has 0 spiro atoms. The van der Waals surface area contributed by atoms with Crippen LogP contribution in [0.1, 0.15) is 44.1 Å². The van der Waals surface area contributed by atoms with Crippen LogP contribution in [0.5, 0.6) is 0 Å². The van der Waals surface area contributed by atoms with Gasteiger partial charge in [0.15, 0.2) is 0 Å². The first-order chi connectivity index (χ1) is 8.06. The number of piperidine rings is 1. The fourth-order valence-corrected chi connectivity index (χ4v) is 3.77. The van der Waals surface area contributed by atoms with Crippen molar-refractivity contribution in [3.05, 3.63) is 33.8 Å². The van der Waals surface area contributed by atoms with E-state index in [1.807, 2.05) is 12.1 Å². The second-order valence-corrected chi connectivity index (χ2v) is 6.57. The minimum Gasteiger partial charge on any atom is -0.309 e. The van der Waals surface area contributed by atoms with Gasteiger partial charge in [-0.2, -0.15) is 0 Å². The van der Waals surface area contributed by atoms with Crippen LogP contribution in [-0.4, -0.2) is 11.6 Å². The molecule has 0 saturated carbocycles. The fourth-order valence-electron chi connectivity index (χ4n) is 3.46. The van der Waals surface area contributed by atoms with Gasteiger partial charge in [0.05, 0.1) is 10.0 Å². The molecule has 0 aromatic heterocycles. The van der Waals surface area contributed by atoms with E-state index in [1.165, 1.54) is 31.2 Å². The zero-order valence-electron chi connectivity index (χ0n) is 9.97. The molecule has 17 heavy (non-hydrogen) atoms. The maximum atomic E-state index is 6.11. The average Bonchev–Trinajstić information content (AvgIpc) is 2.56. The molecular formula is C14H17Cl2N. The van der Waals surface area contributed by atoms with Crippen LogP contribution in [0.4, 0.5) is 0 Å². The Morgan fingerprint density at radius 2 is 2.12 bits per heavy atom. The van der Waals surface area contributed by atoms with Crippen LogP contribution >= 0.6 is 23.2 Å². The lowest BCUT2D eigenvalue weighted by molar-refractivity contribution is 0.271. The van der Waals surface area contributed by atoms with Crippen LogP contribution in [0.15, 0.2) is 18.2 Å². The topological polar surface area (TPSA) is 12.0 Å². The van der Waals surface area contributed by atoms with Crippen molar-refractivity contribution in [2.45, 2.75) is 50.1 Å². The summed E-state index contributed by atoms with van der Waals surface area (Å²) in [6.07, 6.45) is 5.05. The Morgan fingerprint density at radius 1 is 1.29 bits per heavy atom. The highest BCUT2D eigenvalue weighted by molar-refractivity contribution is 6.42. The van der Waals surface area contributed by atoms with Crippen LogP contribution in [-0.2, 0) is 0 Å². The Labute approximate surface area is 112 Å². The van der Waals surface area contributed by atoms with E-state index in [0.29, 0.717) is 27.5 Å². The molecule has 3 heteroatoms. The summed E-state index contributed by atoms with van der Waals surface area (Å²) in [5, 5.41) is 5.07. The number of nitrogens with one attached hydrogen (secondary N) is 1. The van der Waals surface area contributed by atoms with Crippen molar-refractivity contribution >= 4 is 23.2 Å². The van der Waals surface area contributed by atoms with Crippen LogP contribution in [0, 0.1) is 0 Å². The highest BCUT2D eigenvalue weighted by atomic mass is 35.5. The van der Waals surface area contributed by atoms with Gasteiger partial charge >= 0.3 is 0 Å². The van der Waals surface area contributed by atoms with Gasteiger partial charge in [0, 0.05) is 11.6 Å². The van der Waals surface area contributed by atoms with Crippen LogP contribution in [0.25, 0.3) is 0 Å². The molecule has 2 aliphatic heterocycles. The third kappa shape index (κ3) is 2.21. The molecule has 2 heterocycles. The summed E-state index contributed by atoms with van der Waals surface area (Å²) in [5.74, 6) is 0.628. The van der Waals surface area contributed by atoms with E-state index in [0.717, 1.165) is 0 Å². The number of rotatable bonds is 1. The Hall–Kier alpha value is -0.240. The first-order valence-electron chi connectivity index (χ1n) is 6.28. The number of fused-ring (bicyclic) bond motifs is 2. The van der Waals surface area contributed by atoms with E-state index in [4.69, 9.17) is 23.2 Å². The molecule has 92 valence electrons. The van der Waals surface area contributed by atoms with Crippen molar-refractivity contribution in [1.82, 2.24) is 5.32 Å². The van der Waals surface area contributed by atoms with E-state index in [-0.39, 0.29) is 0 Å². The summed E-state index contributed by atoms with van der Waals surface area (Å²) in [6, 6.07) is 6.79. The minimum absolute atomic E-state index is 0.333. The molecule has 1 N–H and O–H groups in total. The number of benzene rings is 1. The van der Waals surface area contributed by atoms with Gasteiger partial charge in [-0.3, -0.25) is 0 Å². The second-order valence-electron chi connectivity index (χ2n) is 5.75. The standard InChI is InChI=1S/C14H17Cl2N/c1-14-5-4-11(17-14)6-10(8-14)9-2-3-12(15)13(16)7-9/h2-3,7,10-11,17H,4-6,8H2,1H3. The van der Waals surface area contributed by atoms with Crippen molar-refractivity contribution in [2.75, 3.05) is 0 Å². The summed E-state index contributed by atoms with van der Waals surface area (Å²) in [6.45, 7) is 2.34. The van der Waals surface area contributed by atoms with Crippen molar-refractivity contribution in [3.63, 3.8) is 0 Å². The lowest BCUT2D eigenvalue weighted by Gasteiger charge is -2.37. The molecule has 1 aromatic rings. The Morgan fingerprint density at radius 3 is 2.82 bits per heavy atom. The first kappa shape index (κ1) is 11.8. The normalized spacial score (nSPS) is 36.2. The Balaban J connectivity index is 1.87. The highest BCUT2D eigenvalue weighted by Gasteiger charge is 2.42. The third-order valence-electron chi connectivity index (χ3n) is 4.28. The first-order valence-corrected chi connectivity index (χ1v) is 7.04. The van der Waals surface area contributed by atoms with Gasteiger partial charge in [-0.05, 0) is 56.2 Å². The Kier molecular flexibility index (Phi) is 2.89. The van der Waals surface area contributed by atoms with Crippen molar-refractivity contribution in [2.24, 2.45) is 0 Å². The van der Waals surface area contributed by atoms with Gasteiger partial charge in [-0.1, -0.05) is 29.3 Å². The minimum atomic E-state index is 0.333. The summed E-state index contributed by atoms with van der Waals surface area (Å²) in [5.41, 5.74) is 1.68. The molecule has 2 fully saturated rings. The quantitative estimate of drug-likeness (QED) is 0.798. The lowest BCUT2D eigenvalue weighted by atomic mass is 9.81. The number of hydrogen-bond acceptors (Lipinski definition) is 1. The number of hydrogen-bond donors (Lipinski definition) is 1. The molecule has 2 bridgehead atoms. The zero-order chi connectivity index (χ0) is 12.0. The molecule has 2 aliphatic rings. The SMILES string of the molecule is CC12CCC(CC(c3ccc(Cl)c(Cl)c3)C1)N2. The van der Waals surface area contributed by atoms with E-state index >= 15 is 0 Å². The summed E-state index contributed by atoms with van der Waals surface area (Å²) in [7, 11) is 0. The molecular weight excluding hydrogens is 253 g/mol. The fraction of sp³-hybridized carbons (Fsp3) is 0.571. The number of halogens is 2. The van der Waals surface area contributed by atoms with Crippen molar-refractivity contribution in [1.29, 1.82) is 0 Å². The summed E-state index contributed by atoms with van der Waals surface area (Å²) in [4.78, 5) is 0. The van der Waals surface area contributed by atoms with Crippen molar-refractivity contribution in [3.8, 4) is 0 Å². The summed E-state index contributed by atoms with van der Waals surface area (Å²) >= 11 is 12.1. The molecule has 3 rings (SSSR count). The largest absolute Gasteiger partial charge is 0.309 e. The predicted molar refractivity (Wildman–Crippen MR) is 73.0 cm³/mol. The van der Waals surface area contributed by atoms with Crippen molar-refractivity contribution < 1.29 is 0 Å². The third-order valence-corrected chi connectivity index (χ3v) is 5.02. The second kappa shape index (κ2) is 4.15. The maximum absolute atomic E-state index is 6.11. The monoisotopic (exact) mass is 269 g/mol. The van der Waals surface area contributed by atoms with Gasteiger partial charge in [-0.25, -0.2) is 0 Å². The van der Waals surface area contributed by atoms with E-state index in [2.05, 4.69) is 18.3 Å². The van der Waals surface area contributed by atoms with Crippen LogP contribution in [0.2, 0.25) is 10.0 Å². The van der Waals surface area contributed by atoms with Gasteiger partial charge in [-0.15, -0.1) is 0 Å². The Bertz CT molecular complexity index is 446. The summed E-state index contributed by atoms with van der Waals surface area (Å²) < 4.78 is 0.